The van der Waals surface area contributed by atoms with Crippen molar-refractivity contribution in [3.05, 3.63) is 71.7 Å². The summed E-state index contributed by atoms with van der Waals surface area (Å²) in [5.74, 6) is -0.263. The molecule has 0 saturated carbocycles. The molecular formula is C21H18FN3O. The fourth-order valence-electron chi connectivity index (χ4n) is 3.54. The maximum atomic E-state index is 13.3. The van der Waals surface area contributed by atoms with E-state index in [1.54, 1.807) is 18.3 Å². The number of aromatic nitrogens is 1. The Labute approximate surface area is 151 Å². The molecule has 130 valence electrons. The number of morpholine rings is 1. The highest BCUT2D eigenvalue weighted by Gasteiger charge is 2.29. The third-order valence-electron chi connectivity index (χ3n) is 4.69. The number of hydrogen-bond acceptors (Lipinski definition) is 4. The van der Waals surface area contributed by atoms with Crippen molar-refractivity contribution in [1.29, 1.82) is 5.26 Å². The molecule has 2 aromatic carbocycles. The molecule has 1 aromatic heterocycles. The molecule has 1 aliphatic rings. The lowest BCUT2D eigenvalue weighted by Crippen LogP contribution is -2.43. The van der Waals surface area contributed by atoms with Gasteiger partial charge in [-0.25, -0.2) is 4.39 Å². The second-order valence-electron chi connectivity index (χ2n) is 6.54. The van der Waals surface area contributed by atoms with Crippen LogP contribution in [0.3, 0.4) is 0 Å². The van der Waals surface area contributed by atoms with E-state index in [0.29, 0.717) is 18.7 Å². The Morgan fingerprint density at radius 3 is 2.69 bits per heavy atom. The summed E-state index contributed by atoms with van der Waals surface area (Å²) in [4.78, 5) is 6.58. The van der Waals surface area contributed by atoms with E-state index in [-0.39, 0.29) is 18.0 Å². The number of rotatable bonds is 2. The van der Waals surface area contributed by atoms with Gasteiger partial charge in [-0.05, 0) is 30.7 Å². The average Bonchev–Trinajstić information content (AvgIpc) is 2.67. The summed E-state index contributed by atoms with van der Waals surface area (Å²) >= 11 is 0. The van der Waals surface area contributed by atoms with Crippen molar-refractivity contribution in [1.82, 2.24) is 4.98 Å². The molecular weight excluding hydrogens is 329 g/mol. The Bertz CT molecular complexity index is 981. The SMILES string of the molecule is CC1CN(c2c(C#N)cnc3ccccc23)CC(c2ccc(F)cc2)O1. The molecule has 0 radical (unpaired) electrons. The fourth-order valence-corrected chi connectivity index (χ4v) is 3.54. The number of hydrogen-bond donors (Lipinski definition) is 0. The number of nitrogens with zero attached hydrogens (tertiary/aromatic N) is 3. The molecule has 4 nitrogen and oxygen atoms in total. The minimum Gasteiger partial charge on any atom is -0.367 e. The highest BCUT2D eigenvalue weighted by atomic mass is 19.1. The van der Waals surface area contributed by atoms with E-state index < -0.39 is 0 Å². The van der Waals surface area contributed by atoms with Crippen molar-refractivity contribution in [2.75, 3.05) is 18.0 Å². The molecule has 2 heterocycles. The molecule has 26 heavy (non-hydrogen) atoms. The Morgan fingerprint density at radius 1 is 1.15 bits per heavy atom. The second kappa shape index (κ2) is 6.74. The molecule has 0 amide bonds. The lowest BCUT2D eigenvalue weighted by Gasteiger charge is -2.39. The van der Waals surface area contributed by atoms with Gasteiger partial charge < -0.3 is 9.64 Å². The minimum absolute atomic E-state index is 0.0164. The summed E-state index contributed by atoms with van der Waals surface area (Å²) in [5, 5.41) is 10.6. The van der Waals surface area contributed by atoms with Crippen molar-refractivity contribution in [3.63, 3.8) is 0 Å². The smallest absolute Gasteiger partial charge is 0.123 e. The van der Waals surface area contributed by atoms with Crippen LogP contribution in [0.4, 0.5) is 10.1 Å². The van der Waals surface area contributed by atoms with Gasteiger partial charge in [-0.1, -0.05) is 30.3 Å². The summed E-state index contributed by atoms with van der Waals surface area (Å²) < 4.78 is 19.3. The van der Waals surface area contributed by atoms with Gasteiger partial charge in [-0.3, -0.25) is 4.98 Å². The van der Waals surface area contributed by atoms with Crippen molar-refractivity contribution in [2.24, 2.45) is 0 Å². The Kier molecular flexibility index (Phi) is 4.27. The summed E-state index contributed by atoms with van der Waals surface area (Å²) in [5.41, 5.74) is 3.23. The summed E-state index contributed by atoms with van der Waals surface area (Å²) in [6.45, 7) is 3.29. The molecule has 1 saturated heterocycles. The number of fused-ring (bicyclic) bond motifs is 1. The second-order valence-corrected chi connectivity index (χ2v) is 6.54. The highest BCUT2D eigenvalue weighted by molar-refractivity contribution is 5.94. The van der Waals surface area contributed by atoms with Crippen LogP contribution in [0.15, 0.2) is 54.7 Å². The van der Waals surface area contributed by atoms with Crippen molar-refractivity contribution >= 4 is 16.6 Å². The fraction of sp³-hybridized carbons (Fsp3) is 0.238. The molecule has 1 fully saturated rings. The molecule has 2 atom stereocenters. The van der Waals surface area contributed by atoms with E-state index in [9.17, 15) is 9.65 Å². The molecule has 3 aromatic rings. The number of nitriles is 1. The topological polar surface area (TPSA) is 49.2 Å². The van der Waals surface area contributed by atoms with E-state index in [4.69, 9.17) is 4.74 Å². The maximum absolute atomic E-state index is 13.3. The number of halogens is 1. The zero-order valence-electron chi connectivity index (χ0n) is 14.4. The van der Waals surface area contributed by atoms with Crippen LogP contribution in [0, 0.1) is 17.1 Å². The first-order chi connectivity index (χ1) is 12.7. The first-order valence-electron chi connectivity index (χ1n) is 8.59. The lowest BCUT2D eigenvalue weighted by atomic mass is 10.0. The quantitative estimate of drug-likeness (QED) is 0.697. The van der Waals surface area contributed by atoms with Gasteiger partial charge in [0, 0.05) is 24.7 Å². The van der Waals surface area contributed by atoms with E-state index >= 15 is 0 Å². The van der Waals surface area contributed by atoms with Crippen LogP contribution in [0.2, 0.25) is 0 Å². The van der Waals surface area contributed by atoms with Crippen LogP contribution in [0.5, 0.6) is 0 Å². The van der Waals surface area contributed by atoms with Gasteiger partial charge in [-0.2, -0.15) is 5.26 Å². The standard InChI is InChI=1S/C21H18FN3O/c1-14-12-25(13-20(26-14)15-6-8-17(22)9-7-15)21-16(10-23)11-24-19-5-3-2-4-18(19)21/h2-9,11,14,20H,12-13H2,1H3. The number of anilines is 1. The molecule has 2 unspecified atom stereocenters. The predicted molar refractivity (Wildman–Crippen MR) is 98.4 cm³/mol. The summed E-state index contributed by atoms with van der Waals surface area (Å²) in [6.07, 6.45) is 1.43. The number of para-hydroxylation sites is 1. The van der Waals surface area contributed by atoms with Crippen molar-refractivity contribution in [3.8, 4) is 6.07 Å². The number of ether oxygens (including phenoxy) is 1. The third-order valence-corrected chi connectivity index (χ3v) is 4.69. The van der Waals surface area contributed by atoms with E-state index in [1.807, 2.05) is 31.2 Å². The van der Waals surface area contributed by atoms with Gasteiger partial charge in [0.25, 0.3) is 0 Å². The summed E-state index contributed by atoms with van der Waals surface area (Å²) in [6, 6.07) is 16.5. The van der Waals surface area contributed by atoms with Crippen LogP contribution < -0.4 is 4.90 Å². The third kappa shape index (κ3) is 3.00. The predicted octanol–water partition coefficient (Wildman–Crippen LogP) is 4.21. The molecule has 1 aliphatic heterocycles. The first kappa shape index (κ1) is 16.5. The van der Waals surface area contributed by atoms with Crippen molar-refractivity contribution < 1.29 is 9.13 Å². The van der Waals surface area contributed by atoms with Gasteiger partial charge in [-0.15, -0.1) is 0 Å². The van der Waals surface area contributed by atoms with E-state index in [2.05, 4.69) is 16.0 Å². The van der Waals surface area contributed by atoms with Crippen molar-refractivity contribution in [2.45, 2.75) is 19.1 Å². The normalized spacial score (nSPS) is 20.1. The first-order valence-corrected chi connectivity index (χ1v) is 8.59. The highest BCUT2D eigenvalue weighted by Crippen LogP contribution is 2.34. The van der Waals surface area contributed by atoms with Crippen LogP contribution >= 0.6 is 0 Å². The van der Waals surface area contributed by atoms with Crippen LogP contribution in [0.1, 0.15) is 24.2 Å². The summed E-state index contributed by atoms with van der Waals surface area (Å²) in [7, 11) is 0. The molecule has 0 N–H and O–H groups in total. The zero-order valence-corrected chi connectivity index (χ0v) is 14.4. The zero-order chi connectivity index (χ0) is 18.1. The number of pyridine rings is 1. The Hall–Kier alpha value is -2.97. The average molecular weight is 347 g/mol. The number of benzene rings is 2. The Morgan fingerprint density at radius 2 is 1.92 bits per heavy atom. The molecule has 4 rings (SSSR count). The van der Waals surface area contributed by atoms with Crippen LogP contribution in [-0.2, 0) is 4.74 Å². The van der Waals surface area contributed by atoms with Crippen LogP contribution in [-0.4, -0.2) is 24.2 Å². The van der Waals surface area contributed by atoms with Crippen LogP contribution in [0.25, 0.3) is 10.9 Å². The maximum Gasteiger partial charge on any atom is 0.123 e. The monoisotopic (exact) mass is 347 g/mol. The largest absolute Gasteiger partial charge is 0.367 e. The van der Waals surface area contributed by atoms with Gasteiger partial charge in [0.1, 0.15) is 18.0 Å². The lowest BCUT2D eigenvalue weighted by molar-refractivity contribution is -0.0173. The minimum atomic E-state index is -0.263. The molecule has 5 heteroatoms. The molecule has 0 spiro atoms. The van der Waals surface area contributed by atoms with Gasteiger partial charge in [0.05, 0.1) is 22.9 Å². The van der Waals surface area contributed by atoms with Gasteiger partial charge >= 0.3 is 0 Å². The Balaban J connectivity index is 1.76. The van der Waals surface area contributed by atoms with Gasteiger partial charge in [0.2, 0.25) is 0 Å². The molecule has 0 bridgehead atoms. The van der Waals surface area contributed by atoms with E-state index in [1.165, 1.54) is 12.1 Å². The van der Waals surface area contributed by atoms with Gasteiger partial charge in [0.15, 0.2) is 0 Å². The van der Waals surface area contributed by atoms with E-state index in [0.717, 1.165) is 22.2 Å². The molecule has 0 aliphatic carbocycles.